The Balaban J connectivity index is 2.37. The van der Waals surface area contributed by atoms with E-state index in [1.807, 2.05) is 12.3 Å². The molecule has 0 amide bonds. The number of unbranched alkanes of at least 4 members (excludes halogenated alkanes) is 1. The maximum atomic E-state index is 5.09. The van der Waals surface area contributed by atoms with Crippen LogP contribution in [0, 0.1) is 0 Å². The highest BCUT2D eigenvalue weighted by Crippen LogP contribution is 2.15. The predicted molar refractivity (Wildman–Crippen MR) is 63.9 cm³/mol. The SMILES string of the molecule is CCCCC(CC)NC(C)c1ccoc1. The van der Waals surface area contributed by atoms with Gasteiger partial charge in [0.25, 0.3) is 0 Å². The molecule has 15 heavy (non-hydrogen) atoms. The molecule has 0 bridgehead atoms. The molecule has 2 nitrogen and oxygen atoms in total. The fourth-order valence-corrected chi connectivity index (χ4v) is 1.83. The first-order chi connectivity index (χ1) is 7.27. The van der Waals surface area contributed by atoms with E-state index in [9.17, 15) is 0 Å². The van der Waals surface area contributed by atoms with Crippen molar-refractivity contribution in [2.24, 2.45) is 0 Å². The summed E-state index contributed by atoms with van der Waals surface area (Å²) in [4.78, 5) is 0. The number of hydrogen-bond acceptors (Lipinski definition) is 2. The number of hydrogen-bond donors (Lipinski definition) is 1. The van der Waals surface area contributed by atoms with Crippen molar-refractivity contribution in [1.29, 1.82) is 0 Å². The lowest BCUT2D eigenvalue weighted by atomic mass is 10.0. The van der Waals surface area contributed by atoms with Crippen LogP contribution in [0.15, 0.2) is 23.0 Å². The summed E-state index contributed by atoms with van der Waals surface area (Å²) in [6.45, 7) is 6.68. The van der Waals surface area contributed by atoms with Crippen LogP contribution in [0.25, 0.3) is 0 Å². The van der Waals surface area contributed by atoms with E-state index in [0.29, 0.717) is 12.1 Å². The Bertz CT molecular complexity index is 243. The molecular formula is C13H23NO. The molecule has 1 rings (SSSR count). The van der Waals surface area contributed by atoms with Gasteiger partial charge in [0.2, 0.25) is 0 Å². The Morgan fingerprint density at radius 2 is 2.20 bits per heavy atom. The minimum atomic E-state index is 0.394. The Hall–Kier alpha value is -0.760. The summed E-state index contributed by atoms with van der Waals surface area (Å²) in [5.41, 5.74) is 1.24. The van der Waals surface area contributed by atoms with Crippen LogP contribution in [0.2, 0.25) is 0 Å². The van der Waals surface area contributed by atoms with Gasteiger partial charge in [0, 0.05) is 17.6 Å². The molecule has 0 aliphatic carbocycles. The molecule has 0 saturated carbocycles. The van der Waals surface area contributed by atoms with Gasteiger partial charge < -0.3 is 9.73 Å². The van der Waals surface area contributed by atoms with Gasteiger partial charge in [-0.25, -0.2) is 0 Å². The Morgan fingerprint density at radius 3 is 2.73 bits per heavy atom. The summed E-state index contributed by atoms with van der Waals surface area (Å²) in [6, 6.07) is 3.06. The van der Waals surface area contributed by atoms with Crippen molar-refractivity contribution in [2.75, 3.05) is 0 Å². The minimum absolute atomic E-state index is 0.394. The molecule has 0 spiro atoms. The van der Waals surface area contributed by atoms with E-state index in [1.165, 1.54) is 31.2 Å². The average molecular weight is 209 g/mol. The normalized spacial score (nSPS) is 15.1. The number of rotatable bonds is 7. The van der Waals surface area contributed by atoms with Crippen LogP contribution in [0.5, 0.6) is 0 Å². The molecule has 1 heterocycles. The van der Waals surface area contributed by atoms with Crippen molar-refractivity contribution >= 4 is 0 Å². The van der Waals surface area contributed by atoms with E-state index in [-0.39, 0.29) is 0 Å². The van der Waals surface area contributed by atoms with Crippen molar-refractivity contribution in [3.05, 3.63) is 24.2 Å². The molecule has 0 aliphatic heterocycles. The van der Waals surface area contributed by atoms with Crippen LogP contribution in [0.4, 0.5) is 0 Å². The Morgan fingerprint density at radius 1 is 1.40 bits per heavy atom. The van der Waals surface area contributed by atoms with E-state index >= 15 is 0 Å². The van der Waals surface area contributed by atoms with Crippen LogP contribution in [0.1, 0.15) is 58.1 Å². The van der Waals surface area contributed by atoms with E-state index in [1.54, 1.807) is 6.26 Å². The monoisotopic (exact) mass is 209 g/mol. The maximum absolute atomic E-state index is 5.09. The lowest BCUT2D eigenvalue weighted by molar-refractivity contribution is 0.408. The maximum Gasteiger partial charge on any atom is 0.0950 e. The quantitative estimate of drug-likeness (QED) is 0.736. The van der Waals surface area contributed by atoms with Gasteiger partial charge in [-0.05, 0) is 25.8 Å². The molecule has 0 radical (unpaired) electrons. The lowest BCUT2D eigenvalue weighted by Crippen LogP contribution is -2.30. The highest BCUT2D eigenvalue weighted by atomic mass is 16.3. The van der Waals surface area contributed by atoms with E-state index in [0.717, 1.165) is 0 Å². The fraction of sp³-hybridized carbons (Fsp3) is 0.692. The van der Waals surface area contributed by atoms with Gasteiger partial charge >= 0.3 is 0 Å². The molecule has 1 aromatic heterocycles. The summed E-state index contributed by atoms with van der Waals surface area (Å²) >= 11 is 0. The summed E-state index contributed by atoms with van der Waals surface area (Å²) in [7, 11) is 0. The highest BCUT2D eigenvalue weighted by Gasteiger charge is 2.11. The molecule has 2 atom stereocenters. The third-order valence-electron chi connectivity index (χ3n) is 2.93. The summed E-state index contributed by atoms with van der Waals surface area (Å²) in [5.74, 6) is 0. The van der Waals surface area contributed by atoms with E-state index in [2.05, 4.69) is 26.1 Å². The molecule has 1 aromatic rings. The van der Waals surface area contributed by atoms with Gasteiger partial charge in [-0.15, -0.1) is 0 Å². The zero-order valence-electron chi connectivity index (χ0n) is 10.1. The van der Waals surface area contributed by atoms with E-state index < -0.39 is 0 Å². The minimum Gasteiger partial charge on any atom is -0.472 e. The Labute approximate surface area is 93.1 Å². The lowest BCUT2D eigenvalue weighted by Gasteiger charge is -2.21. The third kappa shape index (κ3) is 4.08. The van der Waals surface area contributed by atoms with Gasteiger partial charge in [-0.2, -0.15) is 0 Å². The largest absolute Gasteiger partial charge is 0.472 e. The second kappa shape index (κ2) is 6.67. The topological polar surface area (TPSA) is 25.2 Å². The highest BCUT2D eigenvalue weighted by molar-refractivity contribution is 5.10. The second-order valence-electron chi connectivity index (χ2n) is 4.19. The van der Waals surface area contributed by atoms with Crippen LogP contribution >= 0.6 is 0 Å². The molecule has 0 saturated heterocycles. The van der Waals surface area contributed by atoms with Gasteiger partial charge in [0.05, 0.1) is 12.5 Å². The van der Waals surface area contributed by atoms with Crippen LogP contribution in [-0.2, 0) is 0 Å². The van der Waals surface area contributed by atoms with Crippen molar-refractivity contribution in [3.8, 4) is 0 Å². The van der Waals surface area contributed by atoms with Crippen molar-refractivity contribution in [3.63, 3.8) is 0 Å². The first-order valence-corrected chi connectivity index (χ1v) is 6.06. The number of furan rings is 1. The van der Waals surface area contributed by atoms with Gasteiger partial charge in [0.15, 0.2) is 0 Å². The van der Waals surface area contributed by atoms with Crippen LogP contribution in [0.3, 0.4) is 0 Å². The van der Waals surface area contributed by atoms with Gasteiger partial charge in [0.1, 0.15) is 0 Å². The van der Waals surface area contributed by atoms with Crippen LogP contribution in [-0.4, -0.2) is 6.04 Å². The summed E-state index contributed by atoms with van der Waals surface area (Å²) in [5, 5.41) is 3.64. The van der Waals surface area contributed by atoms with Crippen molar-refractivity contribution in [2.45, 2.75) is 58.5 Å². The molecule has 2 heteroatoms. The van der Waals surface area contributed by atoms with Gasteiger partial charge in [-0.1, -0.05) is 26.7 Å². The molecule has 2 unspecified atom stereocenters. The molecule has 0 aliphatic rings. The summed E-state index contributed by atoms with van der Waals surface area (Å²) < 4.78 is 5.09. The summed E-state index contributed by atoms with van der Waals surface area (Å²) in [6.07, 6.45) is 8.62. The smallest absolute Gasteiger partial charge is 0.0950 e. The molecule has 1 N–H and O–H groups in total. The third-order valence-corrected chi connectivity index (χ3v) is 2.93. The number of nitrogens with one attached hydrogen (secondary N) is 1. The zero-order chi connectivity index (χ0) is 11.1. The van der Waals surface area contributed by atoms with Crippen molar-refractivity contribution in [1.82, 2.24) is 5.32 Å². The Kier molecular flexibility index (Phi) is 5.48. The zero-order valence-corrected chi connectivity index (χ0v) is 10.1. The van der Waals surface area contributed by atoms with Gasteiger partial charge in [-0.3, -0.25) is 0 Å². The molecule has 0 aromatic carbocycles. The molecular weight excluding hydrogens is 186 g/mol. The second-order valence-corrected chi connectivity index (χ2v) is 4.19. The van der Waals surface area contributed by atoms with Crippen LogP contribution < -0.4 is 5.32 Å². The predicted octanol–water partition coefficient (Wildman–Crippen LogP) is 3.90. The average Bonchev–Trinajstić information content (AvgIpc) is 2.77. The first kappa shape index (κ1) is 12.3. The standard InChI is InChI=1S/C13H23NO/c1-4-6-7-13(5-2)14-11(3)12-8-9-15-10-12/h8-11,13-14H,4-7H2,1-3H3. The van der Waals surface area contributed by atoms with E-state index in [4.69, 9.17) is 4.42 Å². The van der Waals surface area contributed by atoms with Crippen molar-refractivity contribution < 1.29 is 4.42 Å². The first-order valence-electron chi connectivity index (χ1n) is 6.06. The fourth-order valence-electron chi connectivity index (χ4n) is 1.83. The molecule has 0 fully saturated rings. The molecule has 86 valence electrons.